The molecule has 0 radical (unpaired) electrons. The molecule has 0 aliphatic rings. The van der Waals surface area contributed by atoms with Gasteiger partial charge in [0.15, 0.2) is 6.10 Å². The number of ether oxygens (including phenoxy) is 1. The molecule has 5 heteroatoms. The molecule has 1 atom stereocenters. The molecule has 1 aromatic heterocycles. The van der Waals surface area contributed by atoms with E-state index >= 15 is 0 Å². The van der Waals surface area contributed by atoms with Crippen LogP contribution in [0.4, 0.5) is 0 Å². The zero-order valence-electron chi connectivity index (χ0n) is 14.2. The number of thiazole rings is 1. The quantitative estimate of drug-likeness (QED) is 0.362. The molecule has 0 N–H and O–H groups in total. The van der Waals surface area contributed by atoms with Crippen molar-refractivity contribution >= 4 is 33.3 Å². The SMILES string of the molecule is O=C(O[C@H](C(=O)c1ccccc1)c1ccccc1)c1ccc2ncsc2c1. The minimum Gasteiger partial charge on any atom is -0.445 e. The van der Waals surface area contributed by atoms with Gasteiger partial charge in [-0.15, -0.1) is 11.3 Å². The molecule has 4 rings (SSSR count). The Labute approximate surface area is 160 Å². The Morgan fingerprint density at radius 3 is 2.30 bits per heavy atom. The molecule has 27 heavy (non-hydrogen) atoms. The molecule has 4 aromatic rings. The van der Waals surface area contributed by atoms with Gasteiger partial charge in [0.2, 0.25) is 5.78 Å². The molecule has 0 aliphatic carbocycles. The normalized spacial score (nSPS) is 11.9. The number of carbonyl (C=O) groups excluding carboxylic acids is 2. The van der Waals surface area contributed by atoms with E-state index in [-0.39, 0.29) is 5.78 Å². The second kappa shape index (κ2) is 7.51. The van der Waals surface area contributed by atoms with Crippen LogP contribution in [-0.4, -0.2) is 16.7 Å². The summed E-state index contributed by atoms with van der Waals surface area (Å²) in [5.74, 6) is -0.794. The van der Waals surface area contributed by atoms with Crippen LogP contribution in [0.1, 0.15) is 32.4 Å². The molecule has 3 aromatic carbocycles. The van der Waals surface area contributed by atoms with Crippen molar-refractivity contribution in [2.45, 2.75) is 6.10 Å². The monoisotopic (exact) mass is 373 g/mol. The van der Waals surface area contributed by atoms with Crippen LogP contribution >= 0.6 is 11.3 Å². The van der Waals surface area contributed by atoms with Crippen LogP contribution < -0.4 is 0 Å². The van der Waals surface area contributed by atoms with Crippen LogP contribution in [-0.2, 0) is 4.74 Å². The van der Waals surface area contributed by atoms with Gasteiger partial charge in [0.05, 0.1) is 21.3 Å². The molecule has 0 amide bonds. The Bertz CT molecular complexity index is 1090. The van der Waals surface area contributed by atoms with E-state index in [4.69, 9.17) is 4.74 Å². The summed E-state index contributed by atoms with van der Waals surface area (Å²) in [5, 5.41) is 0. The standard InChI is InChI=1S/C22H15NO3S/c24-20(15-7-3-1-4-8-15)21(16-9-5-2-6-10-16)26-22(25)17-11-12-18-19(13-17)27-14-23-18/h1-14,21H/t21-/m0/s1. The third-order valence-corrected chi connectivity index (χ3v) is 4.98. The highest BCUT2D eigenvalue weighted by atomic mass is 32.1. The van der Waals surface area contributed by atoms with Crippen molar-refractivity contribution in [1.29, 1.82) is 0 Å². The Balaban J connectivity index is 1.66. The van der Waals surface area contributed by atoms with Gasteiger partial charge < -0.3 is 4.74 Å². The number of benzene rings is 3. The average Bonchev–Trinajstić information content (AvgIpc) is 3.20. The summed E-state index contributed by atoms with van der Waals surface area (Å²) in [5.41, 5.74) is 4.09. The van der Waals surface area contributed by atoms with E-state index in [1.807, 2.05) is 24.3 Å². The fourth-order valence-corrected chi connectivity index (χ4v) is 3.53. The summed E-state index contributed by atoms with van der Waals surface area (Å²) in [6.07, 6.45) is -1.00. The summed E-state index contributed by atoms with van der Waals surface area (Å²) in [7, 11) is 0. The minimum atomic E-state index is -1.00. The van der Waals surface area contributed by atoms with Gasteiger partial charge in [-0.25, -0.2) is 9.78 Å². The van der Waals surface area contributed by atoms with Crippen molar-refractivity contribution in [3.8, 4) is 0 Å². The fourth-order valence-electron chi connectivity index (χ4n) is 2.81. The maximum Gasteiger partial charge on any atom is 0.339 e. The molecule has 0 unspecified atom stereocenters. The van der Waals surface area contributed by atoms with E-state index < -0.39 is 12.1 Å². The molecule has 0 saturated heterocycles. The summed E-state index contributed by atoms with van der Waals surface area (Å²) >= 11 is 1.45. The van der Waals surface area contributed by atoms with Gasteiger partial charge in [-0.3, -0.25) is 4.79 Å². The van der Waals surface area contributed by atoms with Gasteiger partial charge in [0, 0.05) is 11.1 Å². The predicted octanol–water partition coefficient (Wildman–Crippen LogP) is 5.08. The van der Waals surface area contributed by atoms with Gasteiger partial charge in [0.25, 0.3) is 0 Å². The molecule has 0 spiro atoms. The smallest absolute Gasteiger partial charge is 0.339 e. The molecule has 0 fully saturated rings. The first-order valence-corrected chi connectivity index (χ1v) is 9.29. The third kappa shape index (κ3) is 3.64. The van der Waals surface area contributed by atoms with Crippen molar-refractivity contribution in [3.05, 3.63) is 101 Å². The second-order valence-electron chi connectivity index (χ2n) is 5.96. The lowest BCUT2D eigenvalue weighted by Crippen LogP contribution is -2.20. The maximum absolute atomic E-state index is 13.0. The number of Topliss-reactive ketones (excluding diaryl/α,β-unsaturated/α-hetero) is 1. The molecule has 132 valence electrons. The molecular formula is C22H15NO3S. The maximum atomic E-state index is 13.0. The second-order valence-corrected chi connectivity index (χ2v) is 6.85. The van der Waals surface area contributed by atoms with E-state index in [9.17, 15) is 9.59 Å². The number of aromatic nitrogens is 1. The average molecular weight is 373 g/mol. The summed E-state index contributed by atoms with van der Waals surface area (Å²) < 4.78 is 6.56. The van der Waals surface area contributed by atoms with Crippen molar-refractivity contribution in [2.75, 3.05) is 0 Å². The van der Waals surface area contributed by atoms with Crippen LogP contribution in [0.5, 0.6) is 0 Å². The molecule has 0 aliphatic heterocycles. The molecule has 0 saturated carbocycles. The van der Waals surface area contributed by atoms with Gasteiger partial charge >= 0.3 is 5.97 Å². The first-order valence-electron chi connectivity index (χ1n) is 8.41. The number of hydrogen-bond donors (Lipinski definition) is 0. The number of fused-ring (bicyclic) bond motifs is 1. The summed E-state index contributed by atoms with van der Waals surface area (Å²) in [4.78, 5) is 29.9. The van der Waals surface area contributed by atoms with Crippen molar-refractivity contribution < 1.29 is 14.3 Å². The molecule has 4 nitrogen and oxygen atoms in total. The van der Waals surface area contributed by atoms with Gasteiger partial charge in [0.1, 0.15) is 0 Å². The number of ketones is 1. The Kier molecular flexibility index (Phi) is 4.77. The lowest BCUT2D eigenvalue weighted by Gasteiger charge is -2.17. The van der Waals surface area contributed by atoms with Crippen LogP contribution in [0.25, 0.3) is 10.2 Å². The third-order valence-electron chi connectivity index (χ3n) is 4.19. The summed E-state index contributed by atoms with van der Waals surface area (Å²) in [6.45, 7) is 0. The lowest BCUT2D eigenvalue weighted by atomic mass is 10.00. The van der Waals surface area contributed by atoms with Crippen LogP contribution in [0.15, 0.2) is 84.4 Å². The van der Waals surface area contributed by atoms with E-state index in [0.29, 0.717) is 16.7 Å². The molecular weight excluding hydrogens is 358 g/mol. The van der Waals surface area contributed by atoms with E-state index in [1.165, 1.54) is 11.3 Å². The molecule has 1 heterocycles. The zero-order valence-corrected chi connectivity index (χ0v) is 15.1. The lowest BCUT2D eigenvalue weighted by molar-refractivity contribution is 0.0280. The highest BCUT2D eigenvalue weighted by Gasteiger charge is 2.26. The highest BCUT2D eigenvalue weighted by Crippen LogP contribution is 2.25. The molecule has 0 bridgehead atoms. The van der Waals surface area contributed by atoms with Crippen LogP contribution in [0.2, 0.25) is 0 Å². The fraction of sp³-hybridized carbons (Fsp3) is 0.0455. The summed E-state index contributed by atoms with van der Waals surface area (Å²) in [6, 6.07) is 23.1. The highest BCUT2D eigenvalue weighted by molar-refractivity contribution is 7.16. The first kappa shape index (κ1) is 17.1. The number of rotatable bonds is 5. The Morgan fingerprint density at radius 1 is 0.852 bits per heavy atom. The zero-order chi connectivity index (χ0) is 18.6. The van der Waals surface area contributed by atoms with Gasteiger partial charge in [-0.2, -0.15) is 0 Å². The van der Waals surface area contributed by atoms with E-state index in [0.717, 1.165) is 10.2 Å². The van der Waals surface area contributed by atoms with E-state index in [2.05, 4.69) is 4.98 Å². The topological polar surface area (TPSA) is 56.3 Å². The van der Waals surface area contributed by atoms with Crippen molar-refractivity contribution in [1.82, 2.24) is 4.98 Å². The number of carbonyl (C=O) groups is 2. The number of esters is 1. The number of nitrogens with zero attached hydrogens (tertiary/aromatic N) is 1. The van der Waals surface area contributed by atoms with Crippen LogP contribution in [0, 0.1) is 0 Å². The van der Waals surface area contributed by atoms with E-state index in [1.54, 1.807) is 60.1 Å². The first-order chi connectivity index (χ1) is 13.2. The Morgan fingerprint density at radius 2 is 1.56 bits per heavy atom. The predicted molar refractivity (Wildman–Crippen MR) is 105 cm³/mol. The van der Waals surface area contributed by atoms with Crippen LogP contribution in [0.3, 0.4) is 0 Å². The number of hydrogen-bond acceptors (Lipinski definition) is 5. The Hall–Kier alpha value is -3.31. The van der Waals surface area contributed by atoms with Crippen molar-refractivity contribution in [3.63, 3.8) is 0 Å². The van der Waals surface area contributed by atoms with Gasteiger partial charge in [-0.1, -0.05) is 60.7 Å². The van der Waals surface area contributed by atoms with Crippen molar-refractivity contribution in [2.24, 2.45) is 0 Å². The largest absolute Gasteiger partial charge is 0.445 e. The van der Waals surface area contributed by atoms with Gasteiger partial charge in [-0.05, 0) is 18.2 Å². The minimum absolute atomic E-state index is 0.256.